The van der Waals surface area contributed by atoms with Crippen LogP contribution in [0.2, 0.25) is 0 Å². The minimum atomic E-state index is -5.08. The summed E-state index contributed by atoms with van der Waals surface area (Å²) in [5.74, 6) is -4.07. The number of aromatic amines is 1. The molecule has 2 aromatic carbocycles. The molecular formula is C25H20F5N5O2. The normalized spacial score (nSPS) is 14.5. The van der Waals surface area contributed by atoms with E-state index in [1.165, 1.54) is 12.1 Å². The second-order valence-electron chi connectivity index (χ2n) is 8.98. The lowest BCUT2D eigenvalue weighted by molar-refractivity contribution is -0.175. The molecule has 1 fully saturated rings. The number of nitrogens with one attached hydrogen (secondary N) is 3. The maximum absolute atomic E-state index is 15.4. The largest absolute Gasteiger partial charge is 0.471 e. The molecule has 1 aliphatic rings. The zero-order chi connectivity index (χ0) is 26.5. The molecule has 0 atom stereocenters. The summed E-state index contributed by atoms with van der Waals surface area (Å²) in [7, 11) is 0. The van der Waals surface area contributed by atoms with Gasteiger partial charge in [-0.3, -0.25) is 14.7 Å². The number of fused-ring (bicyclic) bond motifs is 1. The first-order valence-corrected chi connectivity index (χ1v) is 11.3. The number of nitrogens with zero attached hydrogens (tertiary/aromatic N) is 2. The quantitative estimate of drug-likeness (QED) is 0.331. The standard InChI is InChI=1S/C25H20F5N5O2/c1-13-10-18(34-33-13)21-20(27)17-11-15(26)4-7-19(17)35(21)16-5-2-14(3-6-16)12-31-22(36)24(8-9-24)32-23(37)25(28,29)30/h2-7,10-11H,8-9,12H2,1H3,(H,31,36)(H,32,37)(H,33,34). The molecule has 2 aromatic heterocycles. The van der Waals surface area contributed by atoms with Gasteiger partial charge in [0.2, 0.25) is 5.91 Å². The Morgan fingerprint density at radius 3 is 2.38 bits per heavy atom. The van der Waals surface area contributed by atoms with Crippen LogP contribution in [0.3, 0.4) is 0 Å². The molecule has 4 aromatic rings. The van der Waals surface area contributed by atoms with E-state index in [9.17, 15) is 27.2 Å². The zero-order valence-corrected chi connectivity index (χ0v) is 19.3. The molecule has 2 amide bonds. The highest BCUT2D eigenvalue weighted by atomic mass is 19.4. The molecule has 192 valence electrons. The lowest BCUT2D eigenvalue weighted by Crippen LogP contribution is -2.52. The maximum Gasteiger partial charge on any atom is 0.471 e. The van der Waals surface area contributed by atoms with Crippen molar-refractivity contribution in [2.75, 3.05) is 0 Å². The Hall–Kier alpha value is -4.22. The van der Waals surface area contributed by atoms with Crippen LogP contribution in [-0.2, 0) is 16.1 Å². The summed E-state index contributed by atoms with van der Waals surface area (Å²) < 4.78 is 68.6. The monoisotopic (exact) mass is 517 g/mol. The Morgan fingerprint density at radius 2 is 1.78 bits per heavy atom. The fraction of sp³-hybridized carbons (Fsp3) is 0.240. The predicted octanol–water partition coefficient (Wildman–Crippen LogP) is 4.43. The second-order valence-corrected chi connectivity index (χ2v) is 8.98. The minimum Gasteiger partial charge on any atom is -0.350 e. The number of halogens is 5. The summed E-state index contributed by atoms with van der Waals surface area (Å²) in [5, 5.41) is 11.3. The number of amides is 2. The second kappa shape index (κ2) is 8.71. The number of rotatable bonds is 6. The van der Waals surface area contributed by atoms with Crippen molar-refractivity contribution in [2.45, 2.75) is 38.0 Å². The van der Waals surface area contributed by atoms with E-state index in [0.29, 0.717) is 28.2 Å². The third kappa shape index (κ3) is 4.54. The van der Waals surface area contributed by atoms with Gasteiger partial charge >= 0.3 is 12.1 Å². The molecule has 12 heteroatoms. The van der Waals surface area contributed by atoms with Crippen molar-refractivity contribution >= 4 is 22.7 Å². The van der Waals surface area contributed by atoms with Gasteiger partial charge in [-0.2, -0.15) is 18.3 Å². The topological polar surface area (TPSA) is 91.8 Å². The summed E-state index contributed by atoms with van der Waals surface area (Å²) in [5.41, 5.74) is 1.22. The number of H-pyrrole nitrogens is 1. The highest BCUT2D eigenvalue weighted by molar-refractivity contribution is 5.95. The molecule has 1 aliphatic carbocycles. The van der Waals surface area contributed by atoms with Gasteiger partial charge < -0.3 is 15.2 Å². The van der Waals surface area contributed by atoms with Crippen molar-refractivity contribution in [3.63, 3.8) is 0 Å². The van der Waals surface area contributed by atoms with Crippen molar-refractivity contribution < 1.29 is 31.5 Å². The fourth-order valence-corrected chi connectivity index (χ4v) is 4.20. The van der Waals surface area contributed by atoms with Crippen molar-refractivity contribution in [2.24, 2.45) is 0 Å². The van der Waals surface area contributed by atoms with Gasteiger partial charge in [0.1, 0.15) is 22.7 Å². The highest BCUT2D eigenvalue weighted by Crippen LogP contribution is 2.37. The van der Waals surface area contributed by atoms with Crippen LogP contribution in [0.1, 0.15) is 24.1 Å². The summed E-state index contributed by atoms with van der Waals surface area (Å²) >= 11 is 0. The van der Waals surface area contributed by atoms with E-state index in [0.717, 1.165) is 6.07 Å². The van der Waals surface area contributed by atoms with Gasteiger partial charge in [-0.05, 0) is 61.7 Å². The van der Waals surface area contributed by atoms with Crippen molar-refractivity contribution in [3.05, 3.63) is 71.4 Å². The number of carbonyl (C=O) groups is 2. The van der Waals surface area contributed by atoms with E-state index in [1.54, 1.807) is 47.1 Å². The molecule has 5 rings (SSSR count). The number of aromatic nitrogens is 3. The van der Waals surface area contributed by atoms with E-state index in [1.807, 2.05) is 0 Å². The number of alkyl halides is 3. The van der Waals surface area contributed by atoms with Gasteiger partial charge in [0, 0.05) is 23.3 Å². The van der Waals surface area contributed by atoms with Crippen LogP contribution >= 0.6 is 0 Å². The van der Waals surface area contributed by atoms with Crippen LogP contribution in [0.25, 0.3) is 28.0 Å². The van der Waals surface area contributed by atoms with Crippen LogP contribution in [-0.4, -0.2) is 38.3 Å². The number of aryl methyl sites for hydroxylation is 1. The molecule has 0 aliphatic heterocycles. The summed E-state index contributed by atoms with van der Waals surface area (Å²) in [6, 6.07) is 12.1. The number of benzene rings is 2. The van der Waals surface area contributed by atoms with E-state index in [4.69, 9.17) is 0 Å². The first-order chi connectivity index (χ1) is 17.5. The molecule has 0 bridgehead atoms. The van der Waals surface area contributed by atoms with E-state index < -0.39 is 35.2 Å². The Labute approximate surface area is 206 Å². The molecule has 0 unspecified atom stereocenters. The molecule has 0 saturated heterocycles. The molecule has 37 heavy (non-hydrogen) atoms. The lowest BCUT2D eigenvalue weighted by Gasteiger charge is -2.18. The van der Waals surface area contributed by atoms with Crippen molar-refractivity contribution in [1.82, 2.24) is 25.4 Å². The molecule has 2 heterocycles. The van der Waals surface area contributed by atoms with Gasteiger partial charge in [0.15, 0.2) is 5.82 Å². The minimum absolute atomic E-state index is 0.000167. The van der Waals surface area contributed by atoms with Crippen LogP contribution in [0, 0.1) is 18.6 Å². The predicted molar refractivity (Wildman–Crippen MR) is 124 cm³/mol. The van der Waals surface area contributed by atoms with Gasteiger partial charge in [-0.25, -0.2) is 8.78 Å². The van der Waals surface area contributed by atoms with Crippen LogP contribution < -0.4 is 10.6 Å². The SMILES string of the molecule is Cc1cc(-c2c(F)c3cc(F)ccc3n2-c2ccc(CNC(=O)C3(NC(=O)C(F)(F)F)CC3)cc2)n[nH]1. The van der Waals surface area contributed by atoms with Crippen LogP contribution in [0.4, 0.5) is 22.0 Å². The Balaban J connectivity index is 1.39. The first-order valence-electron chi connectivity index (χ1n) is 11.3. The first kappa shape index (κ1) is 24.5. The van der Waals surface area contributed by atoms with Crippen molar-refractivity contribution in [3.8, 4) is 17.1 Å². The third-order valence-electron chi connectivity index (χ3n) is 6.26. The molecule has 0 spiro atoms. The Kier molecular flexibility index (Phi) is 5.76. The van der Waals surface area contributed by atoms with Crippen LogP contribution in [0.15, 0.2) is 48.5 Å². The smallest absolute Gasteiger partial charge is 0.350 e. The van der Waals surface area contributed by atoms with E-state index >= 15 is 4.39 Å². The zero-order valence-electron chi connectivity index (χ0n) is 19.3. The van der Waals surface area contributed by atoms with E-state index in [2.05, 4.69) is 15.5 Å². The van der Waals surface area contributed by atoms with Gasteiger partial charge in [0.25, 0.3) is 0 Å². The average molecular weight is 517 g/mol. The summed E-state index contributed by atoms with van der Waals surface area (Å²) in [6.07, 6.45) is -4.85. The van der Waals surface area contributed by atoms with Gasteiger partial charge in [-0.15, -0.1) is 0 Å². The number of hydrogen-bond donors (Lipinski definition) is 3. The Morgan fingerprint density at radius 1 is 1.08 bits per heavy atom. The average Bonchev–Trinajstić information content (AvgIpc) is 3.42. The van der Waals surface area contributed by atoms with Crippen molar-refractivity contribution in [1.29, 1.82) is 0 Å². The molecular weight excluding hydrogens is 497 g/mol. The lowest BCUT2D eigenvalue weighted by atomic mass is 10.1. The number of carbonyl (C=O) groups excluding carboxylic acids is 2. The van der Waals surface area contributed by atoms with Gasteiger partial charge in [-0.1, -0.05) is 12.1 Å². The molecule has 3 N–H and O–H groups in total. The number of hydrogen-bond acceptors (Lipinski definition) is 3. The molecule has 0 radical (unpaired) electrons. The summed E-state index contributed by atoms with van der Waals surface area (Å²) in [4.78, 5) is 23.7. The van der Waals surface area contributed by atoms with Crippen LogP contribution in [0.5, 0.6) is 0 Å². The molecule has 7 nitrogen and oxygen atoms in total. The summed E-state index contributed by atoms with van der Waals surface area (Å²) in [6.45, 7) is 1.77. The fourth-order valence-electron chi connectivity index (χ4n) is 4.20. The Bertz CT molecular complexity index is 1520. The highest BCUT2D eigenvalue weighted by Gasteiger charge is 2.54. The van der Waals surface area contributed by atoms with Gasteiger partial charge in [0.05, 0.1) is 5.52 Å². The maximum atomic E-state index is 15.4. The third-order valence-corrected chi connectivity index (χ3v) is 6.26. The van der Waals surface area contributed by atoms with E-state index in [-0.39, 0.29) is 30.5 Å². The molecule has 1 saturated carbocycles.